The molecule has 1 aliphatic carbocycles. The van der Waals surface area contributed by atoms with Crippen LogP contribution in [0.15, 0.2) is 47.9 Å². The summed E-state index contributed by atoms with van der Waals surface area (Å²) >= 11 is 0. The molecule has 1 aromatic carbocycles. The molecule has 0 spiro atoms. The van der Waals surface area contributed by atoms with Crippen molar-refractivity contribution < 1.29 is 0 Å². The second-order valence-electron chi connectivity index (χ2n) is 6.66. The predicted octanol–water partition coefficient (Wildman–Crippen LogP) is 5.94. The van der Waals surface area contributed by atoms with Gasteiger partial charge in [-0.15, -0.1) is 4.31 Å². The van der Waals surface area contributed by atoms with Crippen molar-refractivity contribution in [3.05, 3.63) is 63.9 Å². The molecule has 1 atom stereocenters. The molecule has 0 aliphatic heterocycles. The normalized spacial score (nSPS) is 17.3. The van der Waals surface area contributed by atoms with Crippen LogP contribution in [0.2, 0.25) is 0 Å². The first-order chi connectivity index (χ1) is 11.3. The van der Waals surface area contributed by atoms with Crippen molar-refractivity contribution in [1.29, 1.82) is 0 Å². The summed E-state index contributed by atoms with van der Waals surface area (Å²) in [5, 5.41) is 2.43. The highest BCUT2D eigenvalue weighted by Crippen LogP contribution is 2.40. The van der Waals surface area contributed by atoms with E-state index in [4.69, 9.17) is 0 Å². The van der Waals surface area contributed by atoms with E-state index in [1.54, 1.807) is 10.4 Å². The van der Waals surface area contributed by atoms with Crippen molar-refractivity contribution in [2.45, 2.75) is 44.4 Å². The van der Waals surface area contributed by atoms with Crippen LogP contribution < -0.4 is 4.31 Å². The van der Waals surface area contributed by atoms with E-state index in [-0.39, 0.29) is 10.7 Å². The van der Waals surface area contributed by atoms with Gasteiger partial charge in [-0.3, -0.25) is 0 Å². The lowest BCUT2D eigenvalue weighted by Gasteiger charge is -2.20. The van der Waals surface area contributed by atoms with E-state index in [0.29, 0.717) is 0 Å². The van der Waals surface area contributed by atoms with Crippen LogP contribution in [0.3, 0.4) is 0 Å². The maximum atomic E-state index is 2.44. The fourth-order valence-electron chi connectivity index (χ4n) is 3.62. The van der Waals surface area contributed by atoms with Gasteiger partial charge in [0.1, 0.15) is 0 Å². The Labute approximate surface area is 143 Å². The average Bonchev–Trinajstić information content (AvgIpc) is 3.01. The van der Waals surface area contributed by atoms with Crippen LogP contribution >= 0.6 is 10.7 Å². The van der Waals surface area contributed by atoms with Crippen molar-refractivity contribution in [2.75, 3.05) is 18.4 Å². The Morgan fingerprint density at radius 2 is 1.78 bits per heavy atom. The van der Waals surface area contributed by atoms with E-state index < -0.39 is 0 Å². The van der Waals surface area contributed by atoms with Crippen LogP contribution in [0.1, 0.15) is 54.0 Å². The second kappa shape index (κ2) is 7.94. The number of allylic oxidation sites excluding steroid dienone is 1. The van der Waals surface area contributed by atoms with Crippen LogP contribution in [0.5, 0.6) is 0 Å². The van der Waals surface area contributed by atoms with Crippen molar-refractivity contribution in [1.82, 2.24) is 0 Å². The maximum Gasteiger partial charge on any atom is 0.179 e. The zero-order chi connectivity index (χ0) is 16.1. The minimum absolute atomic E-state index is 0.175. The summed E-state index contributed by atoms with van der Waals surface area (Å²) in [7, 11) is 4.59. The van der Waals surface area contributed by atoms with E-state index in [0.717, 1.165) is 12.3 Å². The first kappa shape index (κ1) is 16.5. The molecule has 1 heterocycles. The third kappa shape index (κ3) is 4.13. The minimum atomic E-state index is 0.175. The molecule has 1 fully saturated rings. The van der Waals surface area contributed by atoms with Crippen molar-refractivity contribution in [3.8, 4) is 0 Å². The average molecular weight is 327 g/mol. The number of hydrogen-bond donors (Lipinski definition) is 0. The topological polar surface area (TPSA) is 3.24 Å². The predicted molar refractivity (Wildman–Crippen MR) is 104 cm³/mol. The van der Waals surface area contributed by atoms with Gasteiger partial charge in [0, 0.05) is 32.1 Å². The van der Waals surface area contributed by atoms with E-state index >= 15 is 0 Å². The monoisotopic (exact) mass is 326 g/mol. The van der Waals surface area contributed by atoms with Gasteiger partial charge in [0.2, 0.25) is 0 Å². The summed E-state index contributed by atoms with van der Waals surface area (Å²) in [5.41, 5.74) is 2.95. The van der Waals surface area contributed by atoms with Crippen LogP contribution in [-0.2, 0) is 6.42 Å². The molecule has 0 bridgehead atoms. The summed E-state index contributed by atoms with van der Waals surface area (Å²) in [4.78, 5) is 1.65. The van der Waals surface area contributed by atoms with Crippen LogP contribution in [0.4, 0.5) is 0 Å². The Morgan fingerprint density at radius 3 is 2.48 bits per heavy atom. The lowest BCUT2D eigenvalue weighted by atomic mass is 9.84. The molecule has 1 aliphatic rings. The van der Waals surface area contributed by atoms with E-state index in [1.807, 2.05) is 0 Å². The molecule has 2 aromatic rings. The van der Waals surface area contributed by atoms with Crippen LogP contribution in [-0.4, -0.2) is 14.1 Å². The lowest BCUT2D eigenvalue weighted by molar-refractivity contribution is 0.443. The molecular weight excluding hydrogens is 298 g/mol. The maximum absolute atomic E-state index is 2.44. The number of hydrogen-bond acceptors (Lipinski definition) is 1. The van der Waals surface area contributed by atoms with Crippen molar-refractivity contribution in [3.63, 3.8) is 0 Å². The molecule has 0 N–H and O–H groups in total. The molecule has 0 amide bonds. The Morgan fingerprint density at radius 1 is 1.04 bits per heavy atom. The number of nitrogens with zero attached hydrogens (tertiary/aromatic N) is 1. The van der Waals surface area contributed by atoms with Crippen molar-refractivity contribution >= 4 is 16.7 Å². The zero-order valence-electron chi connectivity index (χ0n) is 14.4. The molecule has 122 valence electrons. The summed E-state index contributed by atoms with van der Waals surface area (Å²) in [5.74, 6) is 0.803. The number of thiophene rings is 1. The molecule has 1 aromatic heterocycles. The molecule has 1 saturated carbocycles. The van der Waals surface area contributed by atoms with Gasteiger partial charge >= 0.3 is 0 Å². The highest BCUT2D eigenvalue weighted by atomic mass is 32.2. The molecular formula is C21H28NS+. The highest BCUT2D eigenvalue weighted by molar-refractivity contribution is 7.32. The zero-order valence-corrected chi connectivity index (χ0v) is 15.2. The number of benzene rings is 1. The van der Waals surface area contributed by atoms with Crippen LogP contribution in [0, 0.1) is 0 Å². The smallest absolute Gasteiger partial charge is 0.112 e. The van der Waals surface area contributed by atoms with Gasteiger partial charge in [0.25, 0.3) is 0 Å². The first-order valence-electron chi connectivity index (χ1n) is 8.79. The summed E-state index contributed by atoms with van der Waals surface area (Å²) in [6.45, 7) is 0. The molecule has 0 radical (unpaired) electrons. The fourth-order valence-corrected chi connectivity index (χ4v) is 5.49. The lowest BCUT2D eigenvalue weighted by Crippen LogP contribution is -2.09. The SMILES string of the molecule is CN(C)[s+]1ccc(C2CCCCC2)c1CC=Cc1ccccc1. The van der Waals surface area contributed by atoms with E-state index in [1.165, 1.54) is 37.7 Å². The van der Waals surface area contributed by atoms with Crippen LogP contribution in [0.25, 0.3) is 6.08 Å². The Kier molecular flexibility index (Phi) is 5.69. The molecule has 0 saturated heterocycles. The van der Waals surface area contributed by atoms with E-state index in [9.17, 15) is 0 Å². The Bertz CT molecular complexity index is 633. The summed E-state index contributed by atoms with van der Waals surface area (Å²) in [6.07, 6.45) is 12.7. The van der Waals surface area contributed by atoms with Gasteiger partial charge in [-0.2, -0.15) is 0 Å². The van der Waals surface area contributed by atoms with Gasteiger partial charge in [0.15, 0.2) is 10.3 Å². The molecule has 3 rings (SSSR count). The first-order valence-corrected chi connectivity index (χ1v) is 10.0. The van der Waals surface area contributed by atoms with E-state index in [2.05, 4.69) is 72.3 Å². The third-order valence-corrected chi connectivity index (χ3v) is 6.89. The fraction of sp³-hybridized carbons (Fsp3) is 0.429. The van der Waals surface area contributed by atoms with Gasteiger partial charge < -0.3 is 0 Å². The quantitative estimate of drug-likeness (QED) is 0.615. The van der Waals surface area contributed by atoms with Gasteiger partial charge in [-0.1, -0.05) is 61.7 Å². The summed E-state index contributed by atoms with van der Waals surface area (Å²) in [6, 6.07) is 13.1. The largest absolute Gasteiger partial charge is 0.179 e. The van der Waals surface area contributed by atoms with Gasteiger partial charge in [-0.05, 0) is 24.3 Å². The van der Waals surface area contributed by atoms with Gasteiger partial charge in [-0.25, -0.2) is 0 Å². The molecule has 1 nitrogen and oxygen atoms in total. The summed E-state index contributed by atoms with van der Waals surface area (Å²) < 4.78 is 2.37. The molecule has 23 heavy (non-hydrogen) atoms. The molecule has 2 heteroatoms. The highest BCUT2D eigenvalue weighted by Gasteiger charge is 2.27. The standard InChI is InChI=1S/C21H28NS/c1-22(2)23-17-16-20(19-13-7-4-8-14-19)21(23)15-9-12-18-10-5-3-6-11-18/h3,5-6,9-12,16-17,19H,4,7-8,13-15H2,1-2H3/q+1. The Balaban J connectivity index is 1.80. The Hall–Kier alpha value is -1.38. The van der Waals surface area contributed by atoms with Crippen molar-refractivity contribution in [2.24, 2.45) is 0 Å². The third-order valence-electron chi connectivity index (χ3n) is 4.80. The minimum Gasteiger partial charge on any atom is -0.112 e. The number of rotatable bonds is 5. The second-order valence-corrected chi connectivity index (χ2v) is 8.78. The van der Waals surface area contributed by atoms with Gasteiger partial charge in [0.05, 0.1) is 10.7 Å². The molecule has 1 unspecified atom stereocenters.